The Bertz CT molecular complexity index is 567. The summed E-state index contributed by atoms with van der Waals surface area (Å²) in [4.78, 5) is 1.88. The van der Waals surface area contributed by atoms with Gasteiger partial charge in [-0.15, -0.1) is 5.10 Å². The van der Waals surface area contributed by atoms with Crippen LogP contribution in [0.4, 0.5) is 10.1 Å². The van der Waals surface area contributed by atoms with E-state index >= 15 is 0 Å². The average molecular weight is 291 g/mol. The zero-order valence-electron chi connectivity index (χ0n) is 12.8. The highest BCUT2D eigenvalue weighted by atomic mass is 19.1. The lowest BCUT2D eigenvalue weighted by atomic mass is 10.3. The van der Waals surface area contributed by atoms with E-state index in [1.54, 1.807) is 16.8 Å². The van der Waals surface area contributed by atoms with Crippen molar-refractivity contribution in [1.82, 2.24) is 20.3 Å². The highest BCUT2D eigenvalue weighted by Gasteiger charge is 2.07. The maximum absolute atomic E-state index is 13.7. The van der Waals surface area contributed by atoms with Gasteiger partial charge in [0.1, 0.15) is 5.82 Å². The zero-order valence-corrected chi connectivity index (χ0v) is 12.8. The first kappa shape index (κ1) is 15.4. The monoisotopic (exact) mass is 291 g/mol. The second-order valence-electron chi connectivity index (χ2n) is 5.38. The SMILES string of the molecule is CC(C)NCc1cn(CCN(C)c2ccccc2F)nn1. The molecule has 0 spiro atoms. The fraction of sp³-hybridized carbons (Fsp3) is 0.467. The second-order valence-corrected chi connectivity index (χ2v) is 5.38. The summed E-state index contributed by atoms with van der Waals surface area (Å²) in [7, 11) is 1.87. The Morgan fingerprint density at radius 2 is 2.10 bits per heavy atom. The molecule has 21 heavy (non-hydrogen) atoms. The molecule has 1 aromatic carbocycles. The number of nitrogens with zero attached hydrogens (tertiary/aromatic N) is 4. The van der Waals surface area contributed by atoms with Crippen LogP contribution in [0.5, 0.6) is 0 Å². The van der Waals surface area contributed by atoms with E-state index < -0.39 is 0 Å². The Kier molecular flexibility index (Phi) is 5.27. The highest BCUT2D eigenvalue weighted by molar-refractivity contribution is 5.46. The molecule has 0 aliphatic heterocycles. The molecule has 0 amide bonds. The molecule has 2 aromatic rings. The minimum Gasteiger partial charge on any atom is -0.370 e. The molecular formula is C15H22FN5. The molecular weight excluding hydrogens is 269 g/mol. The number of rotatable bonds is 7. The summed E-state index contributed by atoms with van der Waals surface area (Å²) < 4.78 is 15.4. The summed E-state index contributed by atoms with van der Waals surface area (Å²) in [6.45, 7) is 6.23. The van der Waals surface area contributed by atoms with Gasteiger partial charge < -0.3 is 10.2 Å². The van der Waals surface area contributed by atoms with Crippen molar-refractivity contribution in [2.24, 2.45) is 0 Å². The molecule has 6 heteroatoms. The van der Waals surface area contributed by atoms with Gasteiger partial charge in [-0.05, 0) is 12.1 Å². The van der Waals surface area contributed by atoms with Crippen LogP contribution in [0.3, 0.4) is 0 Å². The van der Waals surface area contributed by atoms with Gasteiger partial charge in [-0.25, -0.2) is 4.39 Å². The number of hydrogen-bond acceptors (Lipinski definition) is 4. The number of halogens is 1. The molecule has 0 saturated heterocycles. The molecule has 2 rings (SSSR count). The zero-order chi connectivity index (χ0) is 15.2. The third-order valence-electron chi connectivity index (χ3n) is 3.21. The van der Waals surface area contributed by atoms with E-state index in [9.17, 15) is 4.39 Å². The van der Waals surface area contributed by atoms with E-state index in [0.717, 1.165) is 5.69 Å². The molecule has 1 N–H and O–H groups in total. The number of likely N-dealkylation sites (N-methyl/N-ethyl adjacent to an activating group) is 1. The Labute approximate surface area is 124 Å². The van der Waals surface area contributed by atoms with Crippen molar-refractivity contribution in [3.8, 4) is 0 Å². The minimum absolute atomic E-state index is 0.208. The van der Waals surface area contributed by atoms with E-state index in [0.29, 0.717) is 31.4 Å². The largest absolute Gasteiger partial charge is 0.370 e. The standard InChI is InChI=1S/C15H22FN5/c1-12(2)17-10-13-11-21(19-18-13)9-8-20(3)15-7-5-4-6-14(15)16/h4-7,11-12,17H,8-10H2,1-3H3. The normalized spacial score (nSPS) is 11.1. The Morgan fingerprint density at radius 3 is 2.81 bits per heavy atom. The van der Waals surface area contributed by atoms with E-state index in [1.807, 2.05) is 24.2 Å². The number of benzene rings is 1. The van der Waals surface area contributed by atoms with Gasteiger partial charge in [-0.3, -0.25) is 4.68 Å². The van der Waals surface area contributed by atoms with Crippen molar-refractivity contribution in [3.63, 3.8) is 0 Å². The minimum atomic E-state index is -0.208. The first-order valence-electron chi connectivity index (χ1n) is 7.14. The molecule has 0 atom stereocenters. The summed E-state index contributed by atoms with van der Waals surface area (Å²) in [5, 5.41) is 11.5. The Balaban J connectivity index is 1.87. The van der Waals surface area contributed by atoms with Crippen molar-refractivity contribution in [3.05, 3.63) is 42.0 Å². The molecule has 0 aliphatic carbocycles. The number of aromatic nitrogens is 3. The number of hydrogen-bond donors (Lipinski definition) is 1. The second kappa shape index (κ2) is 7.17. The van der Waals surface area contributed by atoms with Gasteiger partial charge in [0.15, 0.2) is 0 Å². The van der Waals surface area contributed by atoms with Crippen LogP contribution in [0.15, 0.2) is 30.5 Å². The van der Waals surface area contributed by atoms with Crippen LogP contribution in [0.25, 0.3) is 0 Å². The van der Waals surface area contributed by atoms with E-state index in [4.69, 9.17) is 0 Å². The lowest BCUT2D eigenvalue weighted by Gasteiger charge is -2.19. The van der Waals surface area contributed by atoms with Crippen LogP contribution in [-0.2, 0) is 13.1 Å². The Hall–Kier alpha value is -1.95. The van der Waals surface area contributed by atoms with Crippen LogP contribution >= 0.6 is 0 Å². The van der Waals surface area contributed by atoms with Gasteiger partial charge in [0.25, 0.3) is 0 Å². The van der Waals surface area contributed by atoms with Crippen molar-refractivity contribution >= 4 is 5.69 Å². The van der Waals surface area contributed by atoms with Gasteiger partial charge in [-0.2, -0.15) is 0 Å². The summed E-state index contributed by atoms with van der Waals surface area (Å²) in [5.74, 6) is -0.208. The highest BCUT2D eigenvalue weighted by Crippen LogP contribution is 2.16. The van der Waals surface area contributed by atoms with E-state index in [2.05, 4.69) is 29.5 Å². The molecule has 1 heterocycles. The maximum Gasteiger partial charge on any atom is 0.146 e. The van der Waals surface area contributed by atoms with Gasteiger partial charge in [0, 0.05) is 32.4 Å². The third-order valence-corrected chi connectivity index (χ3v) is 3.21. The lowest BCUT2D eigenvalue weighted by Crippen LogP contribution is -2.24. The molecule has 0 radical (unpaired) electrons. The molecule has 1 aromatic heterocycles. The number of anilines is 1. The van der Waals surface area contributed by atoms with Crippen molar-refractivity contribution in [2.75, 3.05) is 18.5 Å². The molecule has 0 aliphatic rings. The third kappa shape index (κ3) is 4.53. The predicted molar refractivity (Wildman–Crippen MR) is 81.7 cm³/mol. The topological polar surface area (TPSA) is 46.0 Å². The van der Waals surface area contributed by atoms with Crippen LogP contribution in [0.2, 0.25) is 0 Å². The lowest BCUT2D eigenvalue weighted by molar-refractivity contribution is 0.575. The summed E-state index contributed by atoms with van der Waals surface area (Å²) in [6.07, 6.45) is 1.92. The molecule has 0 bridgehead atoms. The average Bonchev–Trinajstić information content (AvgIpc) is 2.91. The van der Waals surface area contributed by atoms with Crippen molar-refractivity contribution in [1.29, 1.82) is 0 Å². The first-order chi connectivity index (χ1) is 10.1. The summed E-state index contributed by atoms with van der Waals surface area (Å²) in [6, 6.07) is 7.19. The number of nitrogens with one attached hydrogen (secondary N) is 1. The van der Waals surface area contributed by atoms with Crippen LogP contribution in [0.1, 0.15) is 19.5 Å². The smallest absolute Gasteiger partial charge is 0.146 e. The van der Waals surface area contributed by atoms with Crippen molar-refractivity contribution in [2.45, 2.75) is 33.0 Å². The van der Waals surface area contributed by atoms with Crippen molar-refractivity contribution < 1.29 is 4.39 Å². The molecule has 5 nitrogen and oxygen atoms in total. The van der Waals surface area contributed by atoms with Gasteiger partial charge in [0.05, 0.1) is 17.9 Å². The molecule has 114 valence electrons. The molecule has 0 fully saturated rings. The summed E-state index contributed by atoms with van der Waals surface area (Å²) in [5.41, 5.74) is 1.51. The summed E-state index contributed by atoms with van der Waals surface area (Å²) >= 11 is 0. The fourth-order valence-corrected chi connectivity index (χ4v) is 1.97. The van der Waals surface area contributed by atoms with Crippen LogP contribution in [0, 0.1) is 5.82 Å². The quantitative estimate of drug-likeness (QED) is 0.848. The van der Waals surface area contributed by atoms with E-state index in [-0.39, 0.29) is 5.82 Å². The Morgan fingerprint density at radius 1 is 1.33 bits per heavy atom. The van der Waals surface area contributed by atoms with E-state index in [1.165, 1.54) is 6.07 Å². The van der Waals surface area contributed by atoms with Crippen LogP contribution < -0.4 is 10.2 Å². The van der Waals surface area contributed by atoms with Gasteiger partial charge >= 0.3 is 0 Å². The number of para-hydroxylation sites is 1. The molecule has 0 saturated carbocycles. The predicted octanol–water partition coefficient (Wildman–Crippen LogP) is 2.05. The molecule has 0 unspecified atom stereocenters. The van der Waals surface area contributed by atoms with Gasteiger partial charge in [-0.1, -0.05) is 31.2 Å². The first-order valence-corrected chi connectivity index (χ1v) is 7.14. The fourth-order valence-electron chi connectivity index (χ4n) is 1.97. The van der Waals surface area contributed by atoms with Crippen LogP contribution in [-0.4, -0.2) is 34.6 Å². The maximum atomic E-state index is 13.7. The van der Waals surface area contributed by atoms with Gasteiger partial charge in [0.2, 0.25) is 0 Å².